The van der Waals surface area contributed by atoms with Crippen LogP contribution in [0.1, 0.15) is 5.56 Å². The fraction of sp³-hybridized carbons (Fsp3) is 0. The van der Waals surface area contributed by atoms with E-state index in [4.69, 9.17) is 10.2 Å². The van der Waals surface area contributed by atoms with E-state index in [1.165, 1.54) is 6.08 Å². The van der Waals surface area contributed by atoms with Crippen molar-refractivity contribution in [3.63, 3.8) is 0 Å². The molecule has 0 heterocycles. The summed E-state index contributed by atoms with van der Waals surface area (Å²) in [5, 5.41) is 17.2. The Bertz CT molecular complexity index is 306. The van der Waals surface area contributed by atoms with Gasteiger partial charge in [0.1, 0.15) is 0 Å². The van der Waals surface area contributed by atoms with Gasteiger partial charge in [-0.3, -0.25) is 0 Å². The molecule has 0 fully saturated rings. The van der Waals surface area contributed by atoms with Crippen LogP contribution in [0.4, 0.5) is 0 Å². The summed E-state index contributed by atoms with van der Waals surface area (Å²) in [6, 6.07) is 8.76. The summed E-state index contributed by atoms with van der Waals surface area (Å²) >= 11 is 0. The molecule has 0 bridgehead atoms. The largest absolute Gasteiger partial charge is 0.502 e. The molecular weight excluding hydrogens is 192 g/mol. The number of carboxylic acid groups (broad SMARTS) is 1. The molecule has 0 saturated carbocycles. The summed E-state index contributed by atoms with van der Waals surface area (Å²) in [6.07, 6.45) is 1.20. The van der Waals surface area contributed by atoms with Crippen LogP contribution in [0.3, 0.4) is 0 Å². The molecule has 0 atom stereocenters. The normalized spacial score (nSPS) is 10.3. The van der Waals surface area contributed by atoms with Crippen LogP contribution in [-0.4, -0.2) is 16.2 Å². The smallest absolute Gasteiger partial charge is 0.370 e. The minimum atomic E-state index is -1.32. The monoisotopic (exact) mass is 200 g/mol. The van der Waals surface area contributed by atoms with E-state index in [-0.39, 0.29) is 12.4 Å². The molecular formula is C9H9ClO3. The van der Waals surface area contributed by atoms with Crippen LogP contribution in [0.25, 0.3) is 6.08 Å². The van der Waals surface area contributed by atoms with Crippen molar-refractivity contribution in [2.24, 2.45) is 0 Å². The average molecular weight is 201 g/mol. The summed E-state index contributed by atoms with van der Waals surface area (Å²) in [5.41, 5.74) is 0.664. The second-order valence-electron chi connectivity index (χ2n) is 2.25. The lowest BCUT2D eigenvalue weighted by atomic mass is 10.2. The van der Waals surface area contributed by atoms with Crippen molar-refractivity contribution in [3.8, 4) is 0 Å². The summed E-state index contributed by atoms with van der Waals surface area (Å²) in [6.45, 7) is 0. The number of aliphatic carboxylic acids is 1. The summed E-state index contributed by atoms with van der Waals surface area (Å²) in [7, 11) is 0. The highest BCUT2D eigenvalue weighted by molar-refractivity contribution is 5.89. The van der Waals surface area contributed by atoms with E-state index in [1.807, 2.05) is 6.07 Å². The van der Waals surface area contributed by atoms with Crippen molar-refractivity contribution in [2.75, 3.05) is 0 Å². The Morgan fingerprint density at radius 3 is 2.15 bits per heavy atom. The number of rotatable bonds is 2. The SMILES string of the molecule is Cl.O=C(O)/C(O)=C/c1ccccc1. The highest BCUT2D eigenvalue weighted by atomic mass is 35.5. The Balaban J connectivity index is 0.00000144. The van der Waals surface area contributed by atoms with Gasteiger partial charge in [0.2, 0.25) is 5.76 Å². The number of aliphatic hydroxyl groups is 1. The zero-order valence-corrected chi connectivity index (χ0v) is 7.49. The minimum Gasteiger partial charge on any atom is -0.502 e. The van der Waals surface area contributed by atoms with Crippen LogP contribution in [-0.2, 0) is 4.79 Å². The van der Waals surface area contributed by atoms with Crippen molar-refractivity contribution in [3.05, 3.63) is 41.7 Å². The molecule has 0 amide bonds. The molecule has 1 aromatic carbocycles. The van der Waals surface area contributed by atoms with E-state index in [0.717, 1.165) is 0 Å². The summed E-state index contributed by atoms with van der Waals surface area (Å²) in [4.78, 5) is 10.2. The Hall–Kier alpha value is -1.48. The Morgan fingerprint density at radius 1 is 1.15 bits per heavy atom. The van der Waals surface area contributed by atoms with Gasteiger partial charge in [0, 0.05) is 0 Å². The van der Waals surface area contributed by atoms with Gasteiger partial charge in [0.25, 0.3) is 0 Å². The van der Waals surface area contributed by atoms with Crippen molar-refractivity contribution < 1.29 is 15.0 Å². The highest BCUT2D eigenvalue weighted by Gasteiger charge is 2.01. The molecule has 0 aliphatic heterocycles. The number of halogens is 1. The topological polar surface area (TPSA) is 57.5 Å². The van der Waals surface area contributed by atoms with Crippen molar-refractivity contribution in [1.82, 2.24) is 0 Å². The van der Waals surface area contributed by atoms with Crippen LogP contribution in [0.15, 0.2) is 36.1 Å². The number of hydrogen-bond acceptors (Lipinski definition) is 2. The molecule has 1 aromatic rings. The minimum absolute atomic E-state index is 0. The van der Waals surface area contributed by atoms with Crippen LogP contribution < -0.4 is 0 Å². The molecule has 1 rings (SSSR count). The number of aliphatic hydroxyl groups excluding tert-OH is 1. The first-order valence-corrected chi connectivity index (χ1v) is 3.39. The quantitative estimate of drug-likeness (QED) is 0.568. The van der Waals surface area contributed by atoms with Crippen molar-refractivity contribution in [1.29, 1.82) is 0 Å². The third kappa shape index (κ3) is 3.62. The number of carbonyl (C=O) groups is 1. The summed E-state index contributed by atoms with van der Waals surface area (Å²) in [5.74, 6) is -1.97. The number of carboxylic acids is 1. The molecule has 0 aliphatic carbocycles. The lowest BCUT2D eigenvalue weighted by Crippen LogP contribution is -1.98. The van der Waals surface area contributed by atoms with Gasteiger partial charge in [0.05, 0.1) is 0 Å². The van der Waals surface area contributed by atoms with E-state index in [2.05, 4.69) is 0 Å². The number of hydrogen-bond donors (Lipinski definition) is 2. The van der Waals surface area contributed by atoms with E-state index < -0.39 is 11.7 Å². The van der Waals surface area contributed by atoms with E-state index in [1.54, 1.807) is 24.3 Å². The Morgan fingerprint density at radius 2 is 1.69 bits per heavy atom. The predicted molar refractivity (Wildman–Crippen MR) is 51.9 cm³/mol. The predicted octanol–water partition coefficient (Wildman–Crippen LogP) is 2.09. The van der Waals surface area contributed by atoms with Gasteiger partial charge in [-0.05, 0) is 11.6 Å². The zero-order valence-electron chi connectivity index (χ0n) is 6.68. The average Bonchev–Trinajstić information content (AvgIpc) is 2.06. The molecule has 0 unspecified atom stereocenters. The second kappa shape index (κ2) is 5.22. The first kappa shape index (κ1) is 11.5. The van der Waals surface area contributed by atoms with Gasteiger partial charge in [0.15, 0.2) is 0 Å². The lowest BCUT2D eigenvalue weighted by Gasteiger charge is -1.92. The van der Waals surface area contributed by atoms with Gasteiger partial charge >= 0.3 is 5.97 Å². The van der Waals surface area contributed by atoms with E-state index in [0.29, 0.717) is 5.56 Å². The third-order valence-corrected chi connectivity index (χ3v) is 1.32. The summed E-state index contributed by atoms with van der Waals surface area (Å²) < 4.78 is 0. The fourth-order valence-corrected chi connectivity index (χ4v) is 0.769. The highest BCUT2D eigenvalue weighted by Crippen LogP contribution is 2.03. The first-order chi connectivity index (χ1) is 5.70. The lowest BCUT2D eigenvalue weighted by molar-refractivity contribution is -0.135. The van der Waals surface area contributed by atoms with Crippen molar-refractivity contribution >= 4 is 24.5 Å². The standard InChI is InChI=1S/C9H8O3.ClH/c10-8(9(11)12)6-7-4-2-1-3-5-7;/h1-6,10H,(H,11,12);1H/b8-6-;. The Kier molecular flexibility index (Phi) is 4.62. The van der Waals surface area contributed by atoms with Gasteiger partial charge in [-0.1, -0.05) is 30.3 Å². The van der Waals surface area contributed by atoms with Gasteiger partial charge < -0.3 is 10.2 Å². The molecule has 0 aliphatic rings. The third-order valence-electron chi connectivity index (χ3n) is 1.32. The van der Waals surface area contributed by atoms with Crippen LogP contribution in [0.2, 0.25) is 0 Å². The molecule has 2 N–H and O–H groups in total. The Labute approximate surface area is 81.7 Å². The first-order valence-electron chi connectivity index (χ1n) is 3.39. The molecule has 3 nitrogen and oxygen atoms in total. The molecule has 4 heteroatoms. The van der Waals surface area contributed by atoms with Crippen LogP contribution >= 0.6 is 12.4 Å². The van der Waals surface area contributed by atoms with E-state index in [9.17, 15) is 4.79 Å². The molecule has 13 heavy (non-hydrogen) atoms. The fourth-order valence-electron chi connectivity index (χ4n) is 0.769. The molecule has 70 valence electrons. The van der Waals surface area contributed by atoms with Gasteiger partial charge in [-0.15, -0.1) is 12.4 Å². The maximum atomic E-state index is 10.2. The van der Waals surface area contributed by atoms with Gasteiger partial charge in [-0.25, -0.2) is 4.79 Å². The number of benzene rings is 1. The molecule has 0 radical (unpaired) electrons. The molecule has 0 spiro atoms. The maximum absolute atomic E-state index is 10.2. The molecule has 0 saturated heterocycles. The van der Waals surface area contributed by atoms with Crippen molar-refractivity contribution in [2.45, 2.75) is 0 Å². The zero-order chi connectivity index (χ0) is 8.97. The maximum Gasteiger partial charge on any atom is 0.370 e. The van der Waals surface area contributed by atoms with Crippen LogP contribution in [0.5, 0.6) is 0 Å². The van der Waals surface area contributed by atoms with E-state index >= 15 is 0 Å². The second-order valence-corrected chi connectivity index (χ2v) is 2.25. The van der Waals surface area contributed by atoms with Crippen LogP contribution in [0, 0.1) is 0 Å². The van der Waals surface area contributed by atoms with Gasteiger partial charge in [-0.2, -0.15) is 0 Å². The molecule has 0 aromatic heterocycles.